The molecule has 0 bridgehead atoms. The molecule has 0 aromatic heterocycles. The van der Waals surface area contributed by atoms with Crippen LogP contribution in [0.1, 0.15) is 25.0 Å². The second kappa shape index (κ2) is 4.03. The highest BCUT2D eigenvalue weighted by Crippen LogP contribution is 2.19. The number of aryl methyl sites for hydroxylation is 1. The zero-order valence-electron chi connectivity index (χ0n) is 9.02. The van der Waals surface area contributed by atoms with Crippen molar-refractivity contribution < 1.29 is 9.13 Å². The van der Waals surface area contributed by atoms with E-state index in [4.69, 9.17) is 12.6 Å². The van der Waals surface area contributed by atoms with Crippen molar-refractivity contribution in [2.75, 3.05) is 0 Å². The third-order valence-corrected chi connectivity index (χ3v) is 2.15. The summed E-state index contributed by atoms with van der Waals surface area (Å²) in [5.74, 6) is -0.220. The van der Waals surface area contributed by atoms with E-state index in [-0.39, 0.29) is 17.7 Å². The maximum Gasteiger partial charge on any atom is 0.164 e. The second-order valence-corrected chi connectivity index (χ2v) is 3.71. The third-order valence-electron chi connectivity index (χ3n) is 2.15. The van der Waals surface area contributed by atoms with E-state index in [0.717, 1.165) is 11.1 Å². The molecule has 0 spiro atoms. The van der Waals surface area contributed by atoms with E-state index in [1.807, 2.05) is 27.7 Å². The standard InChI is InChI=1S/C11H14BFO/c1-6(2)14-11-9(13)5-7(3)8(4)10(11)12/h5-6H,1-4H3. The van der Waals surface area contributed by atoms with Gasteiger partial charge in [0, 0.05) is 0 Å². The van der Waals surface area contributed by atoms with Crippen LogP contribution in [0.15, 0.2) is 6.07 Å². The lowest BCUT2D eigenvalue weighted by Gasteiger charge is -2.16. The van der Waals surface area contributed by atoms with Crippen LogP contribution in [0.2, 0.25) is 0 Å². The van der Waals surface area contributed by atoms with Crippen LogP contribution < -0.4 is 10.2 Å². The van der Waals surface area contributed by atoms with Crippen molar-refractivity contribution in [2.24, 2.45) is 0 Å². The fourth-order valence-corrected chi connectivity index (χ4v) is 1.23. The molecule has 0 amide bonds. The van der Waals surface area contributed by atoms with Crippen molar-refractivity contribution in [2.45, 2.75) is 33.8 Å². The van der Waals surface area contributed by atoms with Gasteiger partial charge < -0.3 is 4.74 Å². The van der Waals surface area contributed by atoms with Crippen LogP contribution in [-0.2, 0) is 0 Å². The molecule has 0 saturated carbocycles. The average molecular weight is 192 g/mol. The van der Waals surface area contributed by atoms with Gasteiger partial charge in [-0.3, -0.25) is 0 Å². The number of rotatable bonds is 2. The minimum Gasteiger partial charge on any atom is -0.489 e. The third kappa shape index (κ3) is 2.09. The van der Waals surface area contributed by atoms with Crippen LogP contribution >= 0.6 is 0 Å². The van der Waals surface area contributed by atoms with E-state index in [1.165, 1.54) is 6.07 Å². The Morgan fingerprint density at radius 1 is 1.36 bits per heavy atom. The Labute approximate surface area is 85.7 Å². The number of halogens is 1. The highest BCUT2D eigenvalue weighted by Gasteiger charge is 2.12. The van der Waals surface area contributed by atoms with Gasteiger partial charge in [-0.15, -0.1) is 0 Å². The minimum atomic E-state index is -0.390. The van der Waals surface area contributed by atoms with Gasteiger partial charge in [-0.1, -0.05) is 5.56 Å². The Hall–Kier alpha value is -0.985. The fraction of sp³-hybridized carbons (Fsp3) is 0.455. The molecule has 0 unspecified atom stereocenters. The molecule has 0 N–H and O–H groups in total. The van der Waals surface area contributed by atoms with E-state index < -0.39 is 0 Å². The summed E-state index contributed by atoms with van der Waals surface area (Å²) < 4.78 is 18.8. The van der Waals surface area contributed by atoms with Crippen LogP contribution in [0.5, 0.6) is 5.75 Å². The van der Waals surface area contributed by atoms with E-state index in [2.05, 4.69) is 0 Å². The molecule has 3 heteroatoms. The summed E-state index contributed by atoms with van der Waals surface area (Å²) in [6.45, 7) is 7.37. The molecule has 1 aromatic carbocycles. The van der Waals surface area contributed by atoms with Crippen molar-refractivity contribution >= 4 is 13.3 Å². The Balaban J connectivity index is 3.22. The lowest BCUT2D eigenvalue weighted by atomic mass is 9.87. The summed E-state index contributed by atoms with van der Waals surface area (Å²) in [5, 5.41) is 0. The lowest BCUT2D eigenvalue weighted by molar-refractivity contribution is 0.233. The van der Waals surface area contributed by atoms with Crippen molar-refractivity contribution in [3.63, 3.8) is 0 Å². The van der Waals surface area contributed by atoms with Gasteiger partial charge in [-0.2, -0.15) is 0 Å². The van der Waals surface area contributed by atoms with Crippen LogP contribution in [0.25, 0.3) is 0 Å². The number of benzene rings is 1. The quantitative estimate of drug-likeness (QED) is 0.651. The van der Waals surface area contributed by atoms with Gasteiger partial charge in [-0.05, 0) is 44.8 Å². The summed E-state index contributed by atoms with van der Waals surface area (Å²) in [6.07, 6.45) is -0.0751. The van der Waals surface area contributed by atoms with Gasteiger partial charge in [0.15, 0.2) is 5.82 Å². The normalized spacial score (nSPS) is 10.7. The molecule has 0 aliphatic heterocycles. The molecule has 1 nitrogen and oxygen atoms in total. The molecule has 1 aromatic rings. The first-order valence-corrected chi connectivity index (χ1v) is 4.65. The maximum absolute atomic E-state index is 13.4. The van der Waals surface area contributed by atoms with Crippen molar-refractivity contribution in [3.8, 4) is 5.75 Å². The van der Waals surface area contributed by atoms with Gasteiger partial charge in [0.2, 0.25) is 0 Å². The zero-order valence-corrected chi connectivity index (χ0v) is 9.02. The molecule has 1 rings (SSSR count). The van der Waals surface area contributed by atoms with Crippen LogP contribution in [0.4, 0.5) is 4.39 Å². The minimum absolute atomic E-state index is 0.0751. The average Bonchev–Trinajstić information content (AvgIpc) is 2.09. The van der Waals surface area contributed by atoms with Crippen LogP contribution in [0.3, 0.4) is 0 Å². The Bertz CT molecular complexity index is 348. The SMILES string of the molecule is [B]c1c(C)c(C)cc(F)c1OC(C)C. The molecule has 0 aliphatic carbocycles. The first kappa shape index (κ1) is 11.1. The van der Waals surface area contributed by atoms with Crippen molar-refractivity contribution in [1.29, 1.82) is 0 Å². The summed E-state index contributed by atoms with van der Waals surface area (Å²) in [7, 11) is 5.77. The second-order valence-electron chi connectivity index (χ2n) is 3.71. The first-order valence-electron chi connectivity index (χ1n) is 4.65. The predicted molar refractivity (Wildman–Crippen MR) is 57.0 cm³/mol. The van der Waals surface area contributed by atoms with Gasteiger partial charge in [-0.25, -0.2) is 4.39 Å². The van der Waals surface area contributed by atoms with E-state index in [1.54, 1.807) is 0 Å². The van der Waals surface area contributed by atoms with Gasteiger partial charge in [0.05, 0.1) is 6.10 Å². The maximum atomic E-state index is 13.4. The topological polar surface area (TPSA) is 9.23 Å². The smallest absolute Gasteiger partial charge is 0.164 e. The molecule has 0 saturated heterocycles. The summed E-state index contributed by atoms with van der Waals surface area (Å²) in [5.41, 5.74) is 2.12. The number of ether oxygens (including phenoxy) is 1. The predicted octanol–water partition coefficient (Wildman–Crippen LogP) is 2.02. The van der Waals surface area contributed by atoms with Crippen LogP contribution in [0, 0.1) is 19.7 Å². The largest absolute Gasteiger partial charge is 0.489 e. The van der Waals surface area contributed by atoms with Gasteiger partial charge >= 0.3 is 0 Å². The summed E-state index contributed by atoms with van der Waals surface area (Å²) in [4.78, 5) is 0. The van der Waals surface area contributed by atoms with Crippen LogP contribution in [-0.4, -0.2) is 14.0 Å². The van der Waals surface area contributed by atoms with E-state index in [9.17, 15) is 4.39 Å². The van der Waals surface area contributed by atoms with Crippen molar-refractivity contribution in [1.82, 2.24) is 0 Å². The fourth-order valence-electron chi connectivity index (χ4n) is 1.23. The highest BCUT2D eigenvalue weighted by molar-refractivity contribution is 6.35. The molecule has 0 aliphatic rings. The van der Waals surface area contributed by atoms with Crippen molar-refractivity contribution in [3.05, 3.63) is 23.0 Å². The Kier molecular flexibility index (Phi) is 3.19. The number of hydrogen-bond acceptors (Lipinski definition) is 1. The number of hydrogen-bond donors (Lipinski definition) is 0. The molecule has 14 heavy (non-hydrogen) atoms. The zero-order chi connectivity index (χ0) is 10.9. The molecule has 0 fully saturated rings. The molecular formula is C11H14BFO. The van der Waals surface area contributed by atoms with Gasteiger partial charge in [0.1, 0.15) is 13.6 Å². The molecule has 74 valence electrons. The summed E-state index contributed by atoms with van der Waals surface area (Å²) >= 11 is 0. The van der Waals surface area contributed by atoms with E-state index >= 15 is 0 Å². The molecule has 2 radical (unpaired) electrons. The summed E-state index contributed by atoms with van der Waals surface area (Å²) in [6, 6.07) is 1.45. The molecular weight excluding hydrogens is 178 g/mol. The highest BCUT2D eigenvalue weighted by atomic mass is 19.1. The van der Waals surface area contributed by atoms with Gasteiger partial charge in [0.25, 0.3) is 0 Å². The lowest BCUT2D eigenvalue weighted by Crippen LogP contribution is -2.19. The first-order chi connectivity index (χ1) is 6.43. The monoisotopic (exact) mass is 192 g/mol. The Morgan fingerprint density at radius 2 is 1.93 bits per heavy atom. The van der Waals surface area contributed by atoms with E-state index in [0.29, 0.717) is 5.46 Å². The molecule has 0 heterocycles. The molecule has 0 atom stereocenters. The Morgan fingerprint density at radius 3 is 2.43 bits per heavy atom.